The summed E-state index contributed by atoms with van der Waals surface area (Å²) in [6.07, 6.45) is 0. The fourth-order valence-electron chi connectivity index (χ4n) is 0.289. The molecule has 0 heterocycles. The van der Waals surface area contributed by atoms with Crippen LogP contribution in [0.3, 0.4) is 0 Å². The zero-order valence-corrected chi connectivity index (χ0v) is 5.96. The Balaban J connectivity index is 0. The minimum atomic E-state index is -1.67. The SMILES string of the molecule is CO[SiH](OC)OC.[LiH]. The van der Waals surface area contributed by atoms with E-state index in [0.717, 1.165) is 0 Å². The van der Waals surface area contributed by atoms with E-state index in [4.69, 9.17) is 13.3 Å². The quantitative estimate of drug-likeness (QED) is 0.458. The summed E-state index contributed by atoms with van der Waals surface area (Å²) in [6.45, 7) is 0. The first-order valence-electron chi connectivity index (χ1n) is 1.93. The number of hydrogen-bond acceptors (Lipinski definition) is 3. The summed E-state index contributed by atoms with van der Waals surface area (Å²) in [5.41, 5.74) is 0. The fraction of sp³-hybridized carbons (Fsp3) is 1.00. The van der Waals surface area contributed by atoms with Crippen molar-refractivity contribution in [3.05, 3.63) is 0 Å². The van der Waals surface area contributed by atoms with E-state index in [0.29, 0.717) is 0 Å². The Morgan fingerprint density at radius 1 is 0.875 bits per heavy atom. The molecule has 0 N–H and O–H groups in total. The van der Waals surface area contributed by atoms with Crippen molar-refractivity contribution in [1.29, 1.82) is 0 Å². The first-order chi connectivity index (χ1) is 3.35. The molecule has 0 atom stereocenters. The molecule has 0 aromatic rings. The van der Waals surface area contributed by atoms with Gasteiger partial charge in [0, 0.05) is 21.3 Å². The van der Waals surface area contributed by atoms with Crippen molar-refractivity contribution >= 4 is 28.4 Å². The van der Waals surface area contributed by atoms with Crippen LogP contribution in [0.25, 0.3) is 0 Å². The molecule has 0 aliphatic heterocycles. The van der Waals surface area contributed by atoms with E-state index >= 15 is 0 Å². The Morgan fingerprint density at radius 2 is 1.12 bits per heavy atom. The molecule has 0 saturated carbocycles. The maximum absolute atomic E-state index is 4.74. The molecule has 0 rings (SSSR count). The third kappa shape index (κ3) is 4.84. The molecule has 0 spiro atoms. The van der Waals surface area contributed by atoms with Crippen LogP contribution in [0, 0.1) is 0 Å². The molecule has 0 aromatic heterocycles. The van der Waals surface area contributed by atoms with E-state index in [-0.39, 0.29) is 18.9 Å². The molecule has 8 heavy (non-hydrogen) atoms. The molecule has 0 aromatic carbocycles. The van der Waals surface area contributed by atoms with Crippen LogP contribution in [-0.4, -0.2) is 49.7 Å². The van der Waals surface area contributed by atoms with Gasteiger partial charge in [-0.1, -0.05) is 0 Å². The van der Waals surface area contributed by atoms with E-state index in [1.54, 1.807) is 21.3 Å². The first-order valence-corrected chi connectivity index (χ1v) is 3.35. The van der Waals surface area contributed by atoms with E-state index in [1.165, 1.54) is 0 Å². The van der Waals surface area contributed by atoms with Crippen molar-refractivity contribution in [1.82, 2.24) is 0 Å². The Labute approximate surface area is 63.5 Å². The third-order valence-electron chi connectivity index (χ3n) is 0.577. The minimum absolute atomic E-state index is 0. The first kappa shape index (κ1) is 11.5. The van der Waals surface area contributed by atoms with Crippen molar-refractivity contribution in [3.63, 3.8) is 0 Å². The van der Waals surface area contributed by atoms with Gasteiger partial charge in [-0.3, -0.25) is 0 Å². The molecule has 5 heteroatoms. The molecule has 0 bridgehead atoms. The van der Waals surface area contributed by atoms with Crippen molar-refractivity contribution in [2.45, 2.75) is 0 Å². The van der Waals surface area contributed by atoms with Gasteiger partial charge in [0.25, 0.3) is 0 Å². The molecule has 0 fully saturated rings. The standard InChI is InChI=1S/C3H10O3Si.Li.H/c1-4-7(5-2)6-3;;/h7H,1-3H3;;. The molecule has 0 amide bonds. The summed E-state index contributed by atoms with van der Waals surface area (Å²) in [7, 11) is 3.05. The fourth-order valence-corrected chi connectivity index (χ4v) is 0.866. The Bertz CT molecular complexity index is 36.0. The van der Waals surface area contributed by atoms with Gasteiger partial charge >= 0.3 is 28.4 Å². The van der Waals surface area contributed by atoms with Crippen LogP contribution in [0.2, 0.25) is 0 Å². The Hall–Kier alpha value is 0.694. The summed E-state index contributed by atoms with van der Waals surface area (Å²) in [4.78, 5) is 0. The number of hydrogen-bond donors (Lipinski definition) is 0. The van der Waals surface area contributed by atoms with Crippen LogP contribution in [0.1, 0.15) is 0 Å². The molecule has 0 unspecified atom stereocenters. The second kappa shape index (κ2) is 7.69. The average Bonchev–Trinajstić information content (AvgIpc) is 1.72. The van der Waals surface area contributed by atoms with Crippen LogP contribution in [0.15, 0.2) is 0 Å². The number of rotatable bonds is 3. The Kier molecular flexibility index (Phi) is 11.0. The molecular formula is C3H11LiO3Si. The second-order valence-electron chi connectivity index (χ2n) is 0.996. The molecule has 46 valence electrons. The van der Waals surface area contributed by atoms with Crippen molar-refractivity contribution in [2.24, 2.45) is 0 Å². The van der Waals surface area contributed by atoms with Gasteiger partial charge < -0.3 is 13.3 Å². The Morgan fingerprint density at radius 3 is 1.12 bits per heavy atom. The van der Waals surface area contributed by atoms with Crippen LogP contribution in [0.4, 0.5) is 0 Å². The van der Waals surface area contributed by atoms with Crippen LogP contribution in [0.5, 0.6) is 0 Å². The second-order valence-corrected chi connectivity index (χ2v) is 2.99. The van der Waals surface area contributed by atoms with Gasteiger partial charge in [0.2, 0.25) is 0 Å². The van der Waals surface area contributed by atoms with Gasteiger partial charge in [-0.15, -0.1) is 0 Å². The van der Waals surface area contributed by atoms with Crippen molar-refractivity contribution in [2.75, 3.05) is 21.3 Å². The summed E-state index contributed by atoms with van der Waals surface area (Å²) in [6, 6.07) is 0. The normalized spacial score (nSPS) is 9.00. The van der Waals surface area contributed by atoms with Crippen LogP contribution < -0.4 is 0 Å². The topological polar surface area (TPSA) is 27.7 Å². The predicted octanol–water partition coefficient (Wildman–Crippen LogP) is -1.01. The molecule has 0 saturated heterocycles. The van der Waals surface area contributed by atoms with E-state index in [1.807, 2.05) is 0 Å². The zero-order valence-electron chi connectivity index (χ0n) is 4.80. The molecule has 0 aliphatic carbocycles. The summed E-state index contributed by atoms with van der Waals surface area (Å²) in [5, 5.41) is 0. The van der Waals surface area contributed by atoms with Gasteiger partial charge in [0.1, 0.15) is 0 Å². The molecule has 3 nitrogen and oxygen atoms in total. The van der Waals surface area contributed by atoms with Crippen molar-refractivity contribution in [3.8, 4) is 0 Å². The summed E-state index contributed by atoms with van der Waals surface area (Å²) in [5.74, 6) is 0. The molecular weight excluding hydrogens is 119 g/mol. The summed E-state index contributed by atoms with van der Waals surface area (Å²) < 4.78 is 14.2. The van der Waals surface area contributed by atoms with Crippen molar-refractivity contribution < 1.29 is 13.3 Å². The van der Waals surface area contributed by atoms with Gasteiger partial charge in [0.15, 0.2) is 0 Å². The van der Waals surface area contributed by atoms with Gasteiger partial charge in [-0.2, -0.15) is 0 Å². The zero-order chi connectivity index (χ0) is 5.70. The summed E-state index contributed by atoms with van der Waals surface area (Å²) >= 11 is 0. The van der Waals surface area contributed by atoms with Crippen LogP contribution >= 0.6 is 0 Å². The van der Waals surface area contributed by atoms with Crippen LogP contribution in [-0.2, 0) is 13.3 Å². The third-order valence-corrected chi connectivity index (χ3v) is 1.73. The van der Waals surface area contributed by atoms with E-state index in [2.05, 4.69) is 0 Å². The van der Waals surface area contributed by atoms with E-state index in [9.17, 15) is 0 Å². The molecule has 0 aliphatic rings. The van der Waals surface area contributed by atoms with Gasteiger partial charge in [-0.25, -0.2) is 0 Å². The predicted molar refractivity (Wildman–Crippen MR) is 35.3 cm³/mol. The molecule has 0 radical (unpaired) electrons. The van der Waals surface area contributed by atoms with Gasteiger partial charge in [-0.05, 0) is 0 Å². The monoisotopic (exact) mass is 130 g/mol. The maximum atomic E-state index is 4.74. The van der Waals surface area contributed by atoms with E-state index < -0.39 is 9.53 Å². The van der Waals surface area contributed by atoms with Gasteiger partial charge in [0.05, 0.1) is 0 Å². The average molecular weight is 130 g/mol.